The van der Waals surface area contributed by atoms with Crippen molar-refractivity contribution in [3.63, 3.8) is 0 Å². The van der Waals surface area contributed by atoms with E-state index in [0.29, 0.717) is 16.5 Å². The number of nitrogens with one attached hydrogen (secondary N) is 2. The number of H-pyrrole nitrogens is 1. The summed E-state index contributed by atoms with van der Waals surface area (Å²) >= 11 is 1.28. The molecule has 8 heteroatoms. The molecule has 0 unspecified atom stereocenters. The molecule has 0 bridgehead atoms. The molecule has 170 valence electrons. The number of hydrogen-bond donors (Lipinski definition) is 2. The van der Waals surface area contributed by atoms with Gasteiger partial charge in [0.2, 0.25) is 5.91 Å². The summed E-state index contributed by atoms with van der Waals surface area (Å²) in [4.78, 5) is 35.3. The van der Waals surface area contributed by atoms with Crippen molar-refractivity contribution in [3.05, 3.63) is 96.7 Å². The zero-order valence-electron chi connectivity index (χ0n) is 18.4. The maximum atomic E-state index is 13.2. The molecule has 1 saturated heterocycles. The monoisotopic (exact) mass is 477 g/mol. The van der Waals surface area contributed by atoms with E-state index in [4.69, 9.17) is 4.98 Å². The number of carbonyl (C=O) groups is 2. The van der Waals surface area contributed by atoms with Gasteiger partial charge in [-0.05, 0) is 24.3 Å². The zero-order chi connectivity index (χ0) is 23.8. The van der Waals surface area contributed by atoms with Crippen molar-refractivity contribution in [1.29, 1.82) is 0 Å². The van der Waals surface area contributed by atoms with E-state index in [-0.39, 0.29) is 17.4 Å². The second-order valence-electron chi connectivity index (χ2n) is 8.00. The summed E-state index contributed by atoms with van der Waals surface area (Å²) in [5.74, 6) is -0.268. The highest BCUT2D eigenvalue weighted by Gasteiger charge is 2.30. The van der Waals surface area contributed by atoms with Gasteiger partial charge in [-0.1, -0.05) is 78.5 Å². The van der Waals surface area contributed by atoms with E-state index in [2.05, 4.69) is 15.5 Å². The normalized spacial score (nSPS) is 14.8. The molecule has 0 spiro atoms. The average molecular weight is 478 g/mol. The number of thioether (sulfide) groups is 1. The quantitative estimate of drug-likeness (QED) is 0.350. The zero-order valence-corrected chi connectivity index (χ0v) is 19.3. The molecule has 1 fully saturated rings. The summed E-state index contributed by atoms with van der Waals surface area (Å²) in [6.45, 7) is 0. The number of hydrazone groups is 1. The number of anilines is 1. The summed E-state index contributed by atoms with van der Waals surface area (Å²) in [7, 11) is 0. The SMILES string of the molecule is O=C(N/N=C1\SCC(=O)N1c1ccccc1)c1cc2c([nH]c3ccccc32)c(-c2ccccc2)n1. The second-order valence-corrected chi connectivity index (χ2v) is 8.95. The van der Waals surface area contributed by atoms with Gasteiger partial charge in [-0.25, -0.2) is 10.4 Å². The minimum atomic E-state index is -0.449. The molecular formula is C27H19N5O2S. The van der Waals surface area contributed by atoms with Crippen LogP contribution in [0.4, 0.5) is 5.69 Å². The van der Waals surface area contributed by atoms with Gasteiger partial charge in [0.05, 0.1) is 22.7 Å². The summed E-state index contributed by atoms with van der Waals surface area (Å²) in [5.41, 5.74) is 6.98. The van der Waals surface area contributed by atoms with Crippen LogP contribution in [0.5, 0.6) is 0 Å². The van der Waals surface area contributed by atoms with E-state index in [9.17, 15) is 9.59 Å². The molecule has 2 aromatic heterocycles. The Hall–Kier alpha value is -4.43. The fraction of sp³-hybridized carbons (Fsp3) is 0.0370. The number of pyridine rings is 1. The molecule has 0 saturated carbocycles. The lowest BCUT2D eigenvalue weighted by Crippen LogP contribution is -2.31. The van der Waals surface area contributed by atoms with E-state index in [0.717, 1.165) is 27.4 Å². The van der Waals surface area contributed by atoms with Gasteiger partial charge in [-0.3, -0.25) is 14.5 Å². The van der Waals surface area contributed by atoms with Crippen molar-refractivity contribution in [1.82, 2.24) is 15.4 Å². The molecule has 7 nitrogen and oxygen atoms in total. The lowest BCUT2D eigenvalue weighted by molar-refractivity contribution is -0.115. The van der Waals surface area contributed by atoms with E-state index in [1.165, 1.54) is 16.7 Å². The van der Waals surface area contributed by atoms with Crippen molar-refractivity contribution in [3.8, 4) is 11.3 Å². The molecule has 6 rings (SSSR count). The predicted octanol–water partition coefficient (Wildman–Crippen LogP) is 5.16. The number of rotatable bonds is 4. The van der Waals surface area contributed by atoms with Crippen LogP contribution in [-0.2, 0) is 4.79 Å². The minimum absolute atomic E-state index is 0.0844. The van der Waals surface area contributed by atoms with Crippen LogP contribution in [-0.4, -0.2) is 32.7 Å². The van der Waals surface area contributed by atoms with Gasteiger partial charge in [0.15, 0.2) is 5.17 Å². The van der Waals surface area contributed by atoms with Gasteiger partial charge in [0.25, 0.3) is 5.91 Å². The topological polar surface area (TPSA) is 90.5 Å². The van der Waals surface area contributed by atoms with Gasteiger partial charge in [-0.2, -0.15) is 0 Å². The van der Waals surface area contributed by atoms with Crippen molar-refractivity contribution >= 4 is 56.2 Å². The molecule has 0 aliphatic carbocycles. The van der Waals surface area contributed by atoms with Gasteiger partial charge >= 0.3 is 0 Å². The Morgan fingerprint density at radius 1 is 0.943 bits per heavy atom. The number of nitrogens with zero attached hydrogens (tertiary/aromatic N) is 3. The van der Waals surface area contributed by atoms with Crippen molar-refractivity contribution < 1.29 is 9.59 Å². The number of aromatic nitrogens is 2. The molecule has 1 aliphatic rings. The third-order valence-corrected chi connectivity index (χ3v) is 6.73. The highest BCUT2D eigenvalue weighted by Crippen LogP contribution is 2.32. The van der Waals surface area contributed by atoms with E-state index in [1.54, 1.807) is 6.07 Å². The molecule has 0 atom stereocenters. The van der Waals surface area contributed by atoms with E-state index in [1.807, 2.05) is 84.9 Å². The highest BCUT2D eigenvalue weighted by molar-refractivity contribution is 8.15. The molecule has 2 amide bonds. The Balaban J connectivity index is 1.40. The molecule has 35 heavy (non-hydrogen) atoms. The average Bonchev–Trinajstić information content (AvgIpc) is 3.47. The molecule has 3 heterocycles. The second kappa shape index (κ2) is 8.73. The predicted molar refractivity (Wildman–Crippen MR) is 140 cm³/mol. The lowest BCUT2D eigenvalue weighted by atomic mass is 10.1. The number of amides is 2. The van der Waals surface area contributed by atoms with Crippen LogP contribution in [0, 0.1) is 0 Å². The third kappa shape index (κ3) is 3.83. The van der Waals surface area contributed by atoms with Gasteiger partial charge in [0.1, 0.15) is 5.69 Å². The van der Waals surface area contributed by atoms with Crippen molar-refractivity contribution in [2.45, 2.75) is 0 Å². The number of aromatic amines is 1. The molecule has 0 radical (unpaired) electrons. The number of carbonyl (C=O) groups excluding carboxylic acids is 2. The maximum absolute atomic E-state index is 13.2. The van der Waals surface area contributed by atoms with Gasteiger partial charge in [-0.15, -0.1) is 5.10 Å². The number of benzene rings is 3. The molecule has 5 aromatic rings. The number of amidine groups is 1. The van der Waals surface area contributed by atoms with Gasteiger partial charge < -0.3 is 4.98 Å². The minimum Gasteiger partial charge on any atom is -0.353 e. The molecule has 3 aromatic carbocycles. The first kappa shape index (κ1) is 21.1. The van der Waals surface area contributed by atoms with Crippen LogP contribution in [0.1, 0.15) is 10.5 Å². The van der Waals surface area contributed by atoms with Crippen LogP contribution < -0.4 is 10.3 Å². The van der Waals surface area contributed by atoms with Crippen LogP contribution >= 0.6 is 11.8 Å². The molecule has 2 N–H and O–H groups in total. The van der Waals surface area contributed by atoms with Crippen LogP contribution in [0.15, 0.2) is 96.1 Å². The highest BCUT2D eigenvalue weighted by atomic mass is 32.2. The molecule has 1 aliphatic heterocycles. The molecular weight excluding hydrogens is 458 g/mol. The number of hydrogen-bond acceptors (Lipinski definition) is 5. The van der Waals surface area contributed by atoms with Crippen LogP contribution in [0.3, 0.4) is 0 Å². The first-order valence-electron chi connectivity index (χ1n) is 11.0. The Labute approximate surface area is 204 Å². The standard InChI is InChI=1S/C27H19N5O2S/c33-23-16-35-27(32(23)18-11-5-2-6-12-18)31-30-26(34)22-15-20-19-13-7-8-14-21(19)28-25(20)24(29-22)17-9-3-1-4-10-17/h1-15,28H,16H2,(H,30,34)/b31-27-. The summed E-state index contributed by atoms with van der Waals surface area (Å²) < 4.78 is 0. The van der Waals surface area contributed by atoms with Crippen LogP contribution in [0.25, 0.3) is 33.1 Å². The van der Waals surface area contributed by atoms with E-state index >= 15 is 0 Å². The summed E-state index contributed by atoms with van der Waals surface area (Å²) in [6.07, 6.45) is 0. The Morgan fingerprint density at radius 2 is 1.66 bits per heavy atom. The Kier molecular flexibility index (Phi) is 5.27. The smallest absolute Gasteiger partial charge is 0.290 e. The largest absolute Gasteiger partial charge is 0.353 e. The fourth-order valence-corrected chi connectivity index (χ4v) is 5.03. The summed E-state index contributed by atoms with van der Waals surface area (Å²) in [6, 6.07) is 28.7. The maximum Gasteiger partial charge on any atom is 0.290 e. The Morgan fingerprint density at radius 3 is 2.46 bits per heavy atom. The Bertz CT molecular complexity index is 1610. The summed E-state index contributed by atoms with van der Waals surface area (Å²) in [5, 5.41) is 6.61. The third-order valence-electron chi connectivity index (χ3n) is 5.81. The van der Waals surface area contributed by atoms with Crippen molar-refractivity contribution in [2.24, 2.45) is 5.10 Å². The lowest BCUT2D eigenvalue weighted by Gasteiger charge is -2.15. The first-order valence-corrected chi connectivity index (χ1v) is 12.0. The first-order chi connectivity index (χ1) is 17.2. The number of para-hydroxylation sites is 2. The van der Waals surface area contributed by atoms with Gasteiger partial charge in [0, 0.05) is 21.9 Å². The van der Waals surface area contributed by atoms with Crippen molar-refractivity contribution in [2.75, 3.05) is 10.7 Å². The fourth-order valence-electron chi connectivity index (χ4n) is 4.20. The van der Waals surface area contributed by atoms with E-state index < -0.39 is 5.91 Å². The number of fused-ring (bicyclic) bond motifs is 3. The van der Waals surface area contributed by atoms with Crippen LogP contribution in [0.2, 0.25) is 0 Å².